The molecule has 0 aromatic carbocycles. The molecule has 5 heteroatoms. The van der Waals surface area contributed by atoms with Crippen LogP contribution in [0.2, 0.25) is 0 Å². The standard InChI is InChI=1S/C19H25N3O2/c1-12-6-5-9-20-17(12)18(24)21-11-14-10-19(3)15(21)7-4-8-16(19)22(14)13(2)23/h5-6,9,14-16H,4,7-8,10-11H2,1-3H3/t14-,15+,16-,19+/m0/s1. The van der Waals surface area contributed by atoms with E-state index >= 15 is 0 Å². The van der Waals surface area contributed by atoms with Gasteiger partial charge in [-0.05, 0) is 44.2 Å². The number of rotatable bonds is 1. The van der Waals surface area contributed by atoms with Crippen molar-refractivity contribution in [3.8, 4) is 0 Å². The molecule has 3 fully saturated rings. The average Bonchev–Trinajstić information content (AvgIpc) is 2.84. The summed E-state index contributed by atoms with van der Waals surface area (Å²) < 4.78 is 0. The van der Waals surface area contributed by atoms with Crippen LogP contribution in [0.1, 0.15) is 55.6 Å². The number of hydrogen-bond donors (Lipinski definition) is 0. The lowest BCUT2D eigenvalue weighted by atomic mass is 9.65. The summed E-state index contributed by atoms with van der Waals surface area (Å²) in [5, 5.41) is 0. The molecule has 1 saturated carbocycles. The summed E-state index contributed by atoms with van der Waals surface area (Å²) in [6, 6.07) is 4.44. The van der Waals surface area contributed by atoms with E-state index in [0.717, 1.165) is 31.2 Å². The van der Waals surface area contributed by atoms with E-state index in [0.29, 0.717) is 12.2 Å². The molecule has 0 unspecified atom stereocenters. The van der Waals surface area contributed by atoms with E-state index in [1.165, 1.54) is 0 Å². The molecule has 1 aliphatic carbocycles. The van der Waals surface area contributed by atoms with Gasteiger partial charge in [0, 0.05) is 37.2 Å². The van der Waals surface area contributed by atoms with Gasteiger partial charge in [0.25, 0.3) is 5.91 Å². The number of pyridine rings is 1. The van der Waals surface area contributed by atoms with Gasteiger partial charge >= 0.3 is 0 Å². The maximum Gasteiger partial charge on any atom is 0.273 e. The lowest BCUT2D eigenvalue weighted by molar-refractivity contribution is -0.132. The van der Waals surface area contributed by atoms with Crippen LogP contribution in [0, 0.1) is 12.3 Å². The number of aromatic nitrogens is 1. The summed E-state index contributed by atoms with van der Waals surface area (Å²) in [5.74, 6) is 0.178. The molecule has 5 nitrogen and oxygen atoms in total. The molecule has 2 saturated heterocycles. The van der Waals surface area contributed by atoms with Gasteiger partial charge in [0.1, 0.15) is 5.69 Å². The number of likely N-dealkylation sites (tertiary alicyclic amines) is 2. The predicted molar refractivity (Wildman–Crippen MR) is 90.5 cm³/mol. The number of carbonyl (C=O) groups excluding carboxylic acids is 2. The zero-order valence-corrected chi connectivity index (χ0v) is 14.7. The molecule has 3 aliphatic rings. The number of piperidine rings is 1. The van der Waals surface area contributed by atoms with Gasteiger partial charge in [-0.1, -0.05) is 13.0 Å². The van der Waals surface area contributed by atoms with Crippen LogP contribution in [-0.4, -0.2) is 51.3 Å². The highest BCUT2D eigenvalue weighted by Crippen LogP contribution is 2.54. The van der Waals surface area contributed by atoms with Crippen LogP contribution in [-0.2, 0) is 4.79 Å². The van der Waals surface area contributed by atoms with Crippen LogP contribution in [0.15, 0.2) is 18.3 Å². The quantitative estimate of drug-likeness (QED) is 0.796. The van der Waals surface area contributed by atoms with Gasteiger partial charge < -0.3 is 9.80 Å². The van der Waals surface area contributed by atoms with Gasteiger partial charge in [0.2, 0.25) is 5.91 Å². The third kappa shape index (κ3) is 2.03. The molecule has 0 N–H and O–H groups in total. The minimum absolute atomic E-state index is 0.0190. The fourth-order valence-electron chi connectivity index (χ4n) is 5.54. The molecule has 2 bridgehead atoms. The van der Waals surface area contributed by atoms with E-state index in [-0.39, 0.29) is 35.4 Å². The first-order valence-corrected chi connectivity index (χ1v) is 8.95. The number of fused-ring (bicyclic) bond motifs is 1. The van der Waals surface area contributed by atoms with Crippen molar-refractivity contribution in [1.29, 1.82) is 0 Å². The van der Waals surface area contributed by atoms with Crippen molar-refractivity contribution in [2.45, 2.75) is 64.6 Å². The van der Waals surface area contributed by atoms with Crippen molar-refractivity contribution in [3.63, 3.8) is 0 Å². The fraction of sp³-hybridized carbons (Fsp3) is 0.632. The molecule has 1 aromatic rings. The molecule has 4 rings (SSSR count). The first-order chi connectivity index (χ1) is 11.4. The van der Waals surface area contributed by atoms with Crippen molar-refractivity contribution in [1.82, 2.24) is 14.8 Å². The number of amides is 2. The Morgan fingerprint density at radius 3 is 2.75 bits per heavy atom. The summed E-state index contributed by atoms with van der Waals surface area (Å²) in [5.41, 5.74) is 1.49. The zero-order valence-electron chi connectivity index (χ0n) is 14.7. The van der Waals surface area contributed by atoms with E-state index in [1.807, 2.05) is 24.0 Å². The molecule has 4 atom stereocenters. The lowest BCUT2D eigenvalue weighted by Crippen LogP contribution is -2.57. The second kappa shape index (κ2) is 5.30. The molecular weight excluding hydrogens is 302 g/mol. The first kappa shape index (κ1) is 15.6. The fourth-order valence-corrected chi connectivity index (χ4v) is 5.54. The van der Waals surface area contributed by atoms with Crippen LogP contribution in [0.4, 0.5) is 0 Å². The Balaban J connectivity index is 1.73. The highest BCUT2D eigenvalue weighted by molar-refractivity contribution is 5.94. The van der Waals surface area contributed by atoms with Gasteiger partial charge in [-0.15, -0.1) is 0 Å². The van der Waals surface area contributed by atoms with Crippen molar-refractivity contribution in [2.24, 2.45) is 5.41 Å². The van der Waals surface area contributed by atoms with Gasteiger partial charge in [0.05, 0.1) is 6.04 Å². The maximum absolute atomic E-state index is 13.2. The molecular formula is C19H25N3O2. The van der Waals surface area contributed by atoms with Crippen LogP contribution in [0.5, 0.6) is 0 Å². The Kier molecular flexibility index (Phi) is 3.44. The van der Waals surface area contributed by atoms with Gasteiger partial charge in [0.15, 0.2) is 0 Å². The SMILES string of the molecule is CC(=O)N1[C@@H]2CN(C(=O)c3ncccc3C)[C@@H]3CCC[C@H]1[C@]3(C)C2. The van der Waals surface area contributed by atoms with E-state index in [4.69, 9.17) is 0 Å². The molecule has 24 heavy (non-hydrogen) atoms. The smallest absolute Gasteiger partial charge is 0.273 e. The first-order valence-electron chi connectivity index (χ1n) is 8.95. The van der Waals surface area contributed by atoms with E-state index in [2.05, 4.69) is 16.8 Å². The molecule has 2 aliphatic heterocycles. The summed E-state index contributed by atoms with van der Waals surface area (Å²) in [7, 11) is 0. The third-order valence-electron chi connectivity index (χ3n) is 6.50. The minimum atomic E-state index is 0.0190. The second-order valence-corrected chi connectivity index (χ2v) is 7.88. The minimum Gasteiger partial charge on any atom is -0.335 e. The van der Waals surface area contributed by atoms with Crippen molar-refractivity contribution in [2.75, 3.05) is 6.54 Å². The lowest BCUT2D eigenvalue weighted by Gasteiger charge is -2.49. The summed E-state index contributed by atoms with van der Waals surface area (Å²) in [4.78, 5) is 33.9. The van der Waals surface area contributed by atoms with Crippen LogP contribution < -0.4 is 0 Å². The van der Waals surface area contributed by atoms with E-state index in [1.54, 1.807) is 13.1 Å². The zero-order chi connectivity index (χ0) is 17.1. The molecule has 3 heterocycles. The molecule has 1 aromatic heterocycles. The predicted octanol–water partition coefficient (Wildman–Crippen LogP) is 2.39. The maximum atomic E-state index is 13.2. The Morgan fingerprint density at radius 2 is 2.04 bits per heavy atom. The third-order valence-corrected chi connectivity index (χ3v) is 6.50. The highest BCUT2D eigenvalue weighted by atomic mass is 16.2. The normalized spacial score (nSPS) is 34.4. The Bertz CT molecular complexity index is 704. The summed E-state index contributed by atoms with van der Waals surface area (Å²) in [6.45, 7) is 6.53. The highest BCUT2D eigenvalue weighted by Gasteiger charge is 2.61. The largest absolute Gasteiger partial charge is 0.335 e. The second-order valence-electron chi connectivity index (χ2n) is 7.88. The van der Waals surface area contributed by atoms with E-state index < -0.39 is 0 Å². The molecule has 0 radical (unpaired) electrons. The average molecular weight is 327 g/mol. The monoisotopic (exact) mass is 327 g/mol. The van der Waals surface area contributed by atoms with Gasteiger partial charge in [-0.3, -0.25) is 14.6 Å². The molecule has 0 spiro atoms. The summed E-state index contributed by atoms with van der Waals surface area (Å²) in [6.07, 6.45) is 5.88. The number of carbonyl (C=O) groups is 2. The number of nitrogens with zero attached hydrogens (tertiary/aromatic N) is 3. The number of aryl methyl sites for hydroxylation is 1. The van der Waals surface area contributed by atoms with Crippen molar-refractivity contribution >= 4 is 11.8 Å². The Hall–Kier alpha value is -1.91. The number of hydrogen-bond acceptors (Lipinski definition) is 3. The van der Waals surface area contributed by atoms with Crippen LogP contribution in [0.3, 0.4) is 0 Å². The molecule has 128 valence electrons. The Morgan fingerprint density at radius 1 is 1.29 bits per heavy atom. The summed E-state index contributed by atoms with van der Waals surface area (Å²) >= 11 is 0. The van der Waals surface area contributed by atoms with Crippen molar-refractivity contribution in [3.05, 3.63) is 29.6 Å². The van der Waals surface area contributed by atoms with E-state index in [9.17, 15) is 9.59 Å². The van der Waals surface area contributed by atoms with Crippen LogP contribution in [0.25, 0.3) is 0 Å². The van der Waals surface area contributed by atoms with Gasteiger partial charge in [-0.2, -0.15) is 0 Å². The Labute approximate surface area is 143 Å². The van der Waals surface area contributed by atoms with Crippen molar-refractivity contribution < 1.29 is 9.59 Å². The van der Waals surface area contributed by atoms with Crippen LogP contribution >= 0.6 is 0 Å². The topological polar surface area (TPSA) is 53.5 Å². The van der Waals surface area contributed by atoms with Gasteiger partial charge in [-0.25, -0.2) is 0 Å². The molecule has 2 amide bonds.